The lowest BCUT2D eigenvalue weighted by Crippen LogP contribution is -2.06. The quantitative estimate of drug-likeness (QED) is 0.637. The van der Waals surface area contributed by atoms with Gasteiger partial charge in [-0.3, -0.25) is 0 Å². The van der Waals surface area contributed by atoms with E-state index >= 15 is 0 Å². The van der Waals surface area contributed by atoms with Crippen molar-refractivity contribution < 1.29 is 9.53 Å². The minimum absolute atomic E-state index is 0.347. The van der Waals surface area contributed by atoms with E-state index < -0.39 is 5.97 Å². The first-order valence-electron chi connectivity index (χ1n) is 4.22. The summed E-state index contributed by atoms with van der Waals surface area (Å²) in [5.41, 5.74) is 0.347. The van der Waals surface area contributed by atoms with Crippen LogP contribution in [0.4, 0.5) is 0 Å². The smallest absolute Gasteiger partial charge is 0.356 e. The average molecular weight is 178 g/mol. The van der Waals surface area contributed by atoms with Crippen LogP contribution in [0.5, 0.6) is 0 Å². The van der Waals surface area contributed by atoms with Gasteiger partial charge in [-0.2, -0.15) is 0 Å². The highest BCUT2D eigenvalue weighted by Gasteiger charge is 2.27. The van der Waals surface area contributed by atoms with E-state index in [2.05, 4.69) is 14.7 Å². The number of hydrogen-bond donors (Lipinski definition) is 0. The molecule has 0 atom stereocenters. The number of ether oxygens (including phenoxy) is 1. The number of nitrogens with zero attached hydrogens (tertiary/aromatic N) is 2. The van der Waals surface area contributed by atoms with Crippen molar-refractivity contribution in [2.75, 3.05) is 7.11 Å². The van der Waals surface area contributed by atoms with Crippen molar-refractivity contribution in [1.82, 2.24) is 9.97 Å². The largest absolute Gasteiger partial charge is 0.464 e. The van der Waals surface area contributed by atoms with E-state index in [-0.39, 0.29) is 0 Å². The van der Waals surface area contributed by atoms with E-state index in [1.165, 1.54) is 7.11 Å². The van der Waals surface area contributed by atoms with Crippen LogP contribution in [0.25, 0.3) is 0 Å². The number of aromatic nitrogens is 2. The van der Waals surface area contributed by atoms with E-state index in [0.717, 1.165) is 18.7 Å². The molecule has 1 saturated carbocycles. The van der Waals surface area contributed by atoms with Gasteiger partial charge in [-0.25, -0.2) is 14.8 Å². The van der Waals surface area contributed by atoms with Gasteiger partial charge in [0.15, 0.2) is 5.69 Å². The van der Waals surface area contributed by atoms with Crippen molar-refractivity contribution >= 4 is 5.97 Å². The molecule has 0 spiro atoms. The molecule has 0 aromatic carbocycles. The second kappa shape index (κ2) is 3.12. The fraction of sp³-hybridized carbons (Fsp3) is 0.444. The number of methoxy groups -OCH3 is 1. The number of esters is 1. The van der Waals surface area contributed by atoms with Gasteiger partial charge in [0, 0.05) is 12.1 Å². The Morgan fingerprint density at radius 2 is 2.38 bits per heavy atom. The zero-order chi connectivity index (χ0) is 9.26. The Morgan fingerprint density at radius 1 is 1.62 bits per heavy atom. The van der Waals surface area contributed by atoms with Gasteiger partial charge in [-0.1, -0.05) is 0 Å². The van der Waals surface area contributed by atoms with Crippen LogP contribution in [0.1, 0.15) is 35.1 Å². The Labute approximate surface area is 76.0 Å². The summed E-state index contributed by atoms with van der Waals surface area (Å²) in [5.74, 6) is 0.830. The normalized spacial score (nSPS) is 15.5. The maximum Gasteiger partial charge on any atom is 0.356 e. The van der Waals surface area contributed by atoms with Gasteiger partial charge in [-0.05, 0) is 18.9 Å². The van der Waals surface area contributed by atoms with Crippen molar-refractivity contribution in [3.8, 4) is 0 Å². The van der Waals surface area contributed by atoms with Crippen molar-refractivity contribution in [3.63, 3.8) is 0 Å². The van der Waals surface area contributed by atoms with Gasteiger partial charge in [0.05, 0.1) is 7.11 Å². The summed E-state index contributed by atoms with van der Waals surface area (Å²) in [6.07, 6.45) is 3.86. The van der Waals surface area contributed by atoms with E-state index in [4.69, 9.17) is 0 Å². The van der Waals surface area contributed by atoms with Crippen molar-refractivity contribution in [3.05, 3.63) is 23.8 Å². The van der Waals surface area contributed by atoms with Gasteiger partial charge in [-0.15, -0.1) is 0 Å². The van der Waals surface area contributed by atoms with Gasteiger partial charge in [0.25, 0.3) is 0 Å². The molecule has 1 aromatic heterocycles. The summed E-state index contributed by atoms with van der Waals surface area (Å²) < 4.78 is 4.56. The summed E-state index contributed by atoms with van der Waals surface area (Å²) in [7, 11) is 1.35. The molecule has 0 bridgehead atoms. The Hall–Kier alpha value is -1.45. The molecule has 1 fully saturated rings. The molecule has 4 heteroatoms. The standard InChI is InChI=1S/C9H10N2O2/c1-13-9(12)7-4-5-10-8(11-7)6-2-3-6/h4-6H,2-3H2,1H3. The van der Waals surface area contributed by atoms with E-state index in [9.17, 15) is 4.79 Å². The molecule has 0 amide bonds. The van der Waals surface area contributed by atoms with Crippen LogP contribution in [0, 0.1) is 0 Å². The van der Waals surface area contributed by atoms with Crippen molar-refractivity contribution in [2.45, 2.75) is 18.8 Å². The SMILES string of the molecule is COC(=O)c1ccnc(C2CC2)n1. The van der Waals surface area contributed by atoms with Gasteiger partial charge >= 0.3 is 5.97 Å². The molecule has 4 nitrogen and oxygen atoms in total. The van der Waals surface area contributed by atoms with Crippen LogP contribution in [-0.2, 0) is 4.74 Å². The minimum atomic E-state index is -0.399. The zero-order valence-electron chi connectivity index (χ0n) is 7.36. The molecule has 68 valence electrons. The first-order chi connectivity index (χ1) is 6.31. The third-order valence-electron chi connectivity index (χ3n) is 2.01. The predicted octanol–water partition coefficient (Wildman–Crippen LogP) is 1.14. The first-order valence-corrected chi connectivity index (χ1v) is 4.22. The third kappa shape index (κ3) is 1.66. The molecule has 2 rings (SSSR count). The molecule has 0 N–H and O–H groups in total. The van der Waals surface area contributed by atoms with Crippen LogP contribution in [0.2, 0.25) is 0 Å². The van der Waals surface area contributed by atoms with E-state index in [1.54, 1.807) is 12.3 Å². The number of hydrogen-bond acceptors (Lipinski definition) is 4. The van der Waals surface area contributed by atoms with Crippen LogP contribution in [-0.4, -0.2) is 23.0 Å². The summed E-state index contributed by atoms with van der Waals surface area (Å²) in [6, 6.07) is 1.57. The fourth-order valence-corrected chi connectivity index (χ4v) is 1.13. The first kappa shape index (κ1) is 8.16. The van der Waals surface area contributed by atoms with Crippen LogP contribution in [0.3, 0.4) is 0 Å². The second-order valence-corrected chi connectivity index (χ2v) is 3.07. The van der Waals surface area contributed by atoms with Crippen LogP contribution < -0.4 is 0 Å². The molecule has 1 aromatic rings. The predicted molar refractivity (Wildman–Crippen MR) is 45.3 cm³/mol. The molecule has 1 heterocycles. The molecule has 0 aliphatic heterocycles. The molecule has 1 aliphatic rings. The second-order valence-electron chi connectivity index (χ2n) is 3.07. The van der Waals surface area contributed by atoms with Crippen molar-refractivity contribution in [2.24, 2.45) is 0 Å². The fourth-order valence-electron chi connectivity index (χ4n) is 1.13. The molecular weight excluding hydrogens is 168 g/mol. The Morgan fingerprint density at radius 3 is 3.00 bits per heavy atom. The number of carbonyl (C=O) groups excluding carboxylic acids is 1. The molecule has 13 heavy (non-hydrogen) atoms. The molecular formula is C9H10N2O2. The van der Waals surface area contributed by atoms with Gasteiger partial charge in [0.2, 0.25) is 0 Å². The van der Waals surface area contributed by atoms with Crippen LogP contribution in [0.15, 0.2) is 12.3 Å². The highest BCUT2D eigenvalue weighted by molar-refractivity contribution is 5.86. The summed E-state index contributed by atoms with van der Waals surface area (Å²) in [6.45, 7) is 0. The summed E-state index contributed by atoms with van der Waals surface area (Å²) in [4.78, 5) is 19.3. The lowest BCUT2D eigenvalue weighted by atomic mass is 10.3. The minimum Gasteiger partial charge on any atom is -0.464 e. The topological polar surface area (TPSA) is 52.1 Å². The number of carbonyl (C=O) groups is 1. The van der Waals surface area contributed by atoms with E-state index in [0.29, 0.717) is 11.6 Å². The molecule has 1 aliphatic carbocycles. The van der Waals surface area contributed by atoms with Crippen molar-refractivity contribution in [1.29, 1.82) is 0 Å². The molecule has 0 unspecified atom stereocenters. The van der Waals surface area contributed by atoms with Gasteiger partial charge in [0.1, 0.15) is 5.82 Å². The number of rotatable bonds is 2. The Balaban J connectivity index is 2.26. The monoisotopic (exact) mass is 178 g/mol. The highest BCUT2D eigenvalue weighted by Crippen LogP contribution is 2.37. The average Bonchev–Trinajstić information content (AvgIpc) is 3.00. The maximum atomic E-state index is 11.1. The third-order valence-corrected chi connectivity index (χ3v) is 2.01. The Bertz CT molecular complexity index is 334. The lowest BCUT2D eigenvalue weighted by Gasteiger charge is -1.99. The molecule has 0 radical (unpaired) electrons. The van der Waals surface area contributed by atoms with E-state index in [1.807, 2.05) is 0 Å². The summed E-state index contributed by atoms with van der Waals surface area (Å²) >= 11 is 0. The summed E-state index contributed by atoms with van der Waals surface area (Å²) in [5, 5.41) is 0. The van der Waals surface area contributed by atoms with Gasteiger partial charge < -0.3 is 4.74 Å². The molecule has 0 saturated heterocycles. The zero-order valence-corrected chi connectivity index (χ0v) is 7.36. The highest BCUT2D eigenvalue weighted by atomic mass is 16.5. The Kier molecular flexibility index (Phi) is 1.96. The maximum absolute atomic E-state index is 11.1. The van der Waals surface area contributed by atoms with Crippen LogP contribution >= 0.6 is 0 Å². The lowest BCUT2D eigenvalue weighted by molar-refractivity contribution is 0.0593.